The van der Waals surface area contributed by atoms with Gasteiger partial charge in [-0.3, -0.25) is 24.8 Å². The van der Waals surface area contributed by atoms with Crippen LogP contribution in [0.2, 0.25) is 0 Å². The Morgan fingerprint density at radius 3 is 2.76 bits per heavy atom. The number of thiazole rings is 1. The normalized spacial score (nSPS) is 10.8. The molecule has 0 N–H and O–H groups in total. The Kier molecular flexibility index (Phi) is 5.32. The van der Waals surface area contributed by atoms with Crippen LogP contribution in [0.15, 0.2) is 71.5 Å². The number of carbonyl (C=O) groups excluding carboxylic acids is 1. The number of rotatable bonds is 5. The van der Waals surface area contributed by atoms with Gasteiger partial charge in [0.2, 0.25) is 0 Å². The van der Waals surface area contributed by atoms with E-state index in [0.29, 0.717) is 5.13 Å². The van der Waals surface area contributed by atoms with E-state index >= 15 is 0 Å². The van der Waals surface area contributed by atoms with Crippen LogP contribution in [0.3, 0.4) is 0 Å². The molecule has 1 amide bonds. The fourth-order valence-corrected chi connectivity index (χ4v) is 4.38. The molecule has 0 bridgehead atoms. The summed E-state index contributed by atoms with van der Waals surface area (Å²) in [6, 6.07) is 15.2. The van der Waals surface area contributed by atoms with Crippen LogP contribution in [0.4, 0.5) is 10.8 Å². The van der Waals surface area contributed by atoms with Crippen molar-refractivity contribution >= 4 is 54.2 Å². The first-order chi connectivity index (χ1) is 14.0. The summed E-state index contributed by atoms with van der Waals surface area (Å²) in [6.45, 7) is 0.194. The van der Waals surface area contributed by atoms with E-state index in [-0.39, 0.29) is 17.8 Å². The number of carbonyl (C=O) groups is 1. The van der Waals surface area contributed by atoms with E-state index in [1.165, 1.54) is 34.4 Å². The number of pyridine rings is 1. The minimum absolute atomic E-state index is 0.0156. The molecule has 2 heterocycles. The Bertz CT molecular complexity index is 1210. The van der Waals surface area contributed by atoms with Crippen molar-refractivity contribution in [1.82, 2.24) is 9.97 Å². The van der Waals surface area contributed by atoms with Gasteiger partial charge < -0.3 is 0 Å². The third kappa shape index (κ3) is 4.01. The Hall–Kier alpha value is -3.17. The number of aromatic nitrogens is 2. The highest BCUT2D eigenvalue weighted by Gasteiger charge is 2.27. The number of hydrogen-bond acceptors (Lipinski definition) is 6. The van der Waals surface area contributed by atoms with Gasteiger partial charge in [0.1, 0.15) is 5.56 Å². The lowest BCUT2D eigenvalue weighted by Gasteiger charge is -2.20. The Morgan fingerprint density at radius 2 is 2.00 bits per heavy atom. The van der Waals surface area contributed by atoms with Crippen molar-refractivity contribution in [2.75, 3.05) is 4.90 Å². The van der Waals surface area contributed by atoms with E-state index in [1.54, 1.807) is 24.5 Å². The number of halogens is 1. The average Bonchev–Trinajstić information content (AvgIpc) is 3.15. The summed E-state index contributed by atoms with van der Waals surface area (Å²) in [4.78, 5) is 34.4. The summed E-state index contributed by atoms with van der Waals surface area (Å²) < 4.78 is 1.81. The molecule has 0 aliphatic rings. The molecular weight excluding hydrogens is 456 g/mol. The van der Waals surface area contributed by atoms with E-state index in [2.05, 4.69) is 25.9 Å². The van der Waals surface area contributed by atoms with Crippen LogP contribution in [-0.2, 0) is 6.54 Å². The minimum atomic E-state index is -0.551. The zero-order chi connectivity index (χ0) is 20.4. The van der Waals surface area contributed by atoms with Crippen molar-refractivity contribution in [3.63, 3.8) is 0 Å². The standard InChI is InChI=1S/C20H13BrN4O3S/c21-14-7-8-16-18(10-14)29-20(23-16)24(12-13-4-3-9-22-11-13)19(26)15-5-1-2-6-17(15)25(27)28/h1-11H,12H2. The van der Waals surface area contributed by atoms with Crippen molar-refractivity contribution in [1.29, 1.82) is 0 Å². The van der Waals surface area contributed by atoms with Crippen LogP contribution in [0.25, 0.3) is 10.2 Å². The summed E-state index contributed by atoms with van der Waals surface area (Å²) in [6.07, 6.45) is 3.30. The van der Waals surface area contributed by atoms with Gasteiger partial charge in [-0.2, -0.15) is 0 Å². The summed E-state index contributed by atoms with van der Waals surface area (Å²) in [5, 5.41) is 11.9. The van der Waals surface area contributed by atoms with Gasteiger partial charge >= 0.3 is 0 Å². The highest BCUT2D eigenvalue weighted by molar-refractivity contribution is 9.10. The molecule has 0 aliphatic carbocycles. The van der Waals surface area contributed by atoms with E-state index < -0.39 is 10.8 Å². The number of hydrogen-bond donors (Lipinski definition) is 0. The Morgan fingerprint density at radius 1 is 1.17 bits per heavy atom. The van der Waals surface area contributed by atoms with Gasteiger partial charge in [-0.05, 0) is 35.9 Å². The smallest absolute Gasteiger partial charge is 0.279 e. The molecule has 0 fully saturated rings. The molecule has 9 heteroatoms. The van der Waals surface area contributed by atoms with Gasteiger partial charge in [0.05, 0.1) is 21.7 Å². The lowest BCUT2D eigenvalue weighted by molar-refractivity contribution is -0.385. The van der Waals surface area contributed by atoms with E-state index in [1.807, 2.05) is 24.3 Å². The summed E-state index contributed by atoms with van der Waals surface area (Å²) in [5.74, 6) is -0.487. The van der Waals surface area contributed by atoms with Crippen LogP contribution >= 0.6 is 27.3 Å². The zero-order valence-corrected chi connectivity index (χ0v) is 17.3. The van der Waals surface area contributed by atoms with Gasteiger partial charge in [0.15, 0.2) is 5.13 Å². The van der Waals surface area contributed by atoms with E-state index in [9.17, 15) is 14.9 Å². The molecule has 2 aromatic carbocycles. The van der Waals surface area contributed by atoms with Gasteiger partial charge in [0.25, 0.3) is 11.6 Å². The molecule has 29 heavy (non-hydrogen) atoms. The predicted octanol–water partition coefficient (Wildman–Crippen LogP) is 5.21. The fourth-order valence-electron chi connectivity index (χ4n) is 2.86. The van der Waals surface area contributed by atoms with Crippen LogP contribution in [0.5, 0.6) is 0 Å². The number of fused-ring (bicyclic) bond motifs is 1. The van der Waals surface area contributed by atoms with Crippen molar-refractivity contribution in [2.45, 2.75) is 6.54 Å². The van der Waals surface area contributed by atoms with Crippen LogP contribution in [0.1, 0.15) is 15.9 Å². The number of amides is 1. The number of nitro groups is 1. The Balaban J connectivity index is 1.81. The molecule has 2 aromatic heterocycles. The molecule has 4 rings (SSSR count). The van der Waals surface area contributed by atoms with Crippen molar-refractivity contribution < 1.29 is 9.72 Å². The first-order valence-electron chi connectivity index (χ1n) is 8.53. The SMILES string of the molecule is O=C(c1ccccc1[N+](=O)[O-])N(Cc1cccnc1)c1nc2ccc(Br)cc2s1. The van der Waals surface area contributed by atoms with Crippen LogP contribution < -0.4 is 4.90 Å². The number of para-hydroxylation sites is 1. The van der Waals surface area contributed by atoms with E-state index in [0.717, 1.165) is 20.3 Å². The summed E-state index contributed by atoms with van der Waals surface area (Å²) in [7, 11) is 0. The summed E-state index contributed by atoms with van der Waals surface area (Å²) >= 11 is 4.79. The molecule has 0 unspecified atom stereocenters. The highest BCUT2D eigenvalue weighted by atomic mass is 79.9. The van der Waals surface area contributed by atoms with Gasteiger partial charge in [0, 0.05) is 22.9 Å². The number of nitro benzene ring substituents is 1. The molecule has 0 aliphatic heterocycles. The molecule has 0 spiro atoms. The first-order valence-corrected chi connectivity index (χ1v) is 10.1. The zero-order valence-electron chi connectivity index (χ0n) is 14.9. The maximum atomic E-state index is 13.4. The number of nitrogens with zero attached hydrogens (tertiary/aromatic N) is 4. The Labute approximate surface area is 177 Å². The molecule has 0 radical (unpaired) electrons. The molecular formula is C20H13BrN4O3S. The molecule has 0 atom stereocenters. The topological polar surface area (TPSA) is 89.2 Å². The summed E-state index contributed by atoms with van der Waals surface area (Å²) in [5.41, 5.74) is 1.32. The van der Waals surface area contributed by atoms with Crippen LogP contribution in [0, 0.1) is 10.1 Å². The van der Waals surface area contributed by atoms with Gasteiger partial charge in [-0.15, -0.1) is 0 Å². The minimum Gasteiger partial charge on any atom is -0.279 e. The van der Waals surface area contributed by atoms with Gasteiger partial charge in [-0.25, -0.2) is 4.98 Å². The average molecular weight is 469 g/mol. The number of anilines is 1. The molecule has 7 nitrogen and oxygen atoms in total. The maximum Gasteiger partial charge on any atom is 0.282 e. The third-order valence-electron chi connectivity index (χ3n) is 4.21. The first kappa shape index (κ1) is 19.2. The predicted molar refractivity (Wildman–Crippen MR) is 115 cm³/mol. The lowest BCUT2D eigenvalue weighted by atomic mass is 10.1. The molecule has 0 saturated carbocycles. The lowest BCUT2D eigenvalue weighted by Crippen LogP contribution is -2.31. The second-order valence-electron chi connectivity index (χ2n) is 6.14. The van der Waals surface area contributed by atoms with E-state index in [4.69, 9.17) is 0 Å². The highest BCUT2D eigenvalue weighted by Crippen LogP contribution is 2.33. The number of benzene rings is 2. The van der Waals surface area contributed by atoms with Crippen LogP contribution in [-0.4, -0.2) is 20.8 Å². The second kappa shape index (κ2) is 8.06. The molecule has 144 valence electrons. The third-order valence-corrected chi connectivity index (χ3v) is 5.74. The monoisotopic (exact) mass is 468 g/mol. The largest absolute Gasteiger partial charge is 0.282 e. The molecule has 4 aromatic rings. The fraction of sp³-hybridized carbons (Fsp3) is 0.0500. The maximum absolute atomic E-state index is 13.4. The van der Waals surface area contributed by atoms with Crippen molar-refractivity contribution in [3.05, 3.63) is 92.7 Å². The quantitative estimate of drug-likeness (QED) is 0.296. The van der Waals surface area contributed by atoms with Crippen molar-refractivity contribution in [3.8, 4) is 0 Å². The molecule has 0 saturated heterocycles. The van der Waals surface area contributed by atoms with Crippen molar-refractivity contribution in [2.24, 2.45) is 0 Å². The van der Waals surface area contributed by atoms with Gasteiger partial charge in [-0.1, -0.05) is 45.5 Å². The second-order valence-corrected chi connectivity index (χ2v) is 8.06.